The second kappa shape index (κ2) is 7.17. The molecule has 0 saturated carbocycles. The van der Waals surface area contributed by atoms with Gasteiger partial charge < -0.3 is 44.8 Å². The Bertz CT molecular complexity index is 401. The normalized spacial score (nSPS) is 51.1. The van der Waals surface area contributed by atoms with Gasteiger partial charge in [0.15, 0.2) is 6.29 Å². The third-order valence-corrected chi connectivity index (χ3v) is 4.01. The highest BCUT2D eigenvalue weighted by molar-refractivity contribution is 4.98. The van der Waals surface area contributed by atoms with Crippen molar-refractivity contribution in [2.45, 2.75) is 54.8 Å². The molecule has 0 aromatic heterocycles. The molecule has 0 aromatic rings. The fourth-order valence-electron chi connectivity index (χ4n) is 2.59. The Morgan fingerprint density at radius 1 is 0.870 bits per heavy atom. The van der Waals surface area contributed by atoms with Crippen LogP contribution in [0.5, 0.6) is 0 Å². The van der Waals surface area contributed by atoms with Crippen LogP contribution in [0, 0.1) is 0 Å². The minimum atomic E-state index is -2.34. The summed E-state index contributed by atoms with van der Waals surface area (Å²) in [7, 11) is 0. The summed E-state index contributed by atoms with van der Waals surface area (Å²) in [5.74, 6) is -2.34. The molecule has 0 spiro atoms. The predicted molar refractivity (Wildman–Crippen MR) is 66.4 cm³/mol. The average molecular weight is 346 g/mol. The summed E-state index contributed by atoms with van der Waals surface area (Å²) in [6.07, 6.45) is -13.9. The highest BCUT2D eigenvalue weighted by Crippen LogP contribution is 2.36. The molecule has 0 amide bonds. The molecule has 136 valence electrons. The van der Waals surface area contributed by atoms with Gasteiger partial charge in [-0.05, 0) is 0 Å². The maximum absolute atomic E-state index is 12.8. The third kappa shape index (κ3) is 3.21. The topological polar surface area (TPSA) is 149 Å². The Labute approximate surface area is 129 Å². The zero-order valence-corrected chi connectivity index (χ0v) is 11.9. The second-order valence-electron chi connectivity index (χ2n) is 5.50. The van der Waals surface area contributed by atoms with Crippen LogP contribution in [0.15, 0.2) is 0 Å². The van der Waals surface area contributed by atoms with Gasteiger partial charge in [0.05, 0.1) is 0 Å². The third-order valence-electron chi connectivity index (χ3n) is 4.01. The van der Waals surface area contributed by atoms with Crippen molar-refractivity contribution < 1.29 is 53.6 Å². The van der Waals surface area contributed by atoms with Gasteiger partial charge in [0.25, 0.3) is 0 Å². The van der Waals surface area contributed by atoms with Crippen LogP contribution in [0.3, 0.4) is 0 Å². The van der Waals surface area contributed by atoms with E-state index in [0.717, 1.165) is 0 Å². The van der Waals surface area contributed by atoms with Crippen LogP contribution in [0.2, 0.25) is 0 Å². The molecule has 2 heterocycles. The summed E-state index contributed by atoms with van der Waals surface area (Å²) in [5.41, 5.74) is 0. The van der Waals surface area contributed by atoms with Gasteiger partial charge in [-0.25, -0.2) is 8.78 Å². The monoisotopic (exact) mass is 346 g/mol. The lowest BCUT2D eigenvalue weighted by atomic mass is 9.99. The Morgan fingerprint density at radius 3 is 1.96 bits per heavy atom. The largest absolute Gasteiger partial charge is 0.391 e. The van der Waals surface area contributed by atoms with Crippen LogP contribution in [-0.4, -0.2) is 105 Å². The van der Waals surface area contributed by atoms with E-state index in [4.69, 9.17) is 14.2 Å². The van der Waals surface area contributed by atoms with E-state index in [2.05, 4.69) is 0 Å². The number of aliphatic hydroxyl groups is 6. The molecule has 6 N–H and O–H groups in total. The summed E-state index contributed by atoms with van der Waals surface area (Å²) in [6.45, 7) is -3.45. The SMILES string of the molecule is OC[C@]1(O[C@@H]2O[C@H](CF)[C@H](O)[C@H](O)[C@@H]2O)O[C@@H](CF)[C@@H](O)[C@H]1O. The molecule has 0 unspecified atom stereocenters. The van der Waals surface area contributed by atoms with Gasteiger partial charge in [0.2, 0.25) is 5.79 Å². The van der Waals surface area contributed by atoms with Gasteiger partial charge in [0.1, 0.15) is 62.7 Å². The number of halogens is 2. The molecule has 9 nitrogen and oxygen atoms in total. The van der Waals surface area contributed by atoms with Gasteiger partial charge in [0, 0.05) is 0 Å². The first-order valence-corrected chi connectivity index (χ1v) is 6.95. The van der Waals surface area contributed by atoms with E-state index in [1.54, 1.807) is 0 Å². The highest BCUT2D eigenvalue weighted by Gasteiger charge is 2.58. The van der Waals surface area contributed by atoms with Crippen molar-refractivity contribution in [1.29, 1.82) is 0 Å². The van der Waals surface area contributed by atoms with Crippen molar-refractivity contribution in [3.8, 4) is 0 Å². The number of ether oxygens (including phenoxy) is 3. The summed E-state index contributed by atoms with van der Waals surface area (Å²) >= 11 is 0. The Morgan fingerprint density at radius 2 is 1.48 bits per heavy atom. The summed E-state index contributed by atoms with van der Waals surface area (Å²) in [5, 5.41) is 58.0. The predicted octanol–water partition coefficient (Wildman–Crippen LogP) is -3.44. The van der Waals surface area contributed by atoms with Gasteiger partial charge >= 0.3 is 0 Å². The van der Waals surface area contributed by atoms with E-state index in [-0.39, 0.29) is 0 Å². The first-order valence-electron chi connectivity index (χ1n) is 6.95. The van der Waals surface area contributed by atoms with E-state index in [1.807, 2.05) is 0 Å². The van der Waals surface area contributed by atoms with Crippen molar-refractivity contribution in [3.63, 3.8) is 0 Å². The minimum Gasteiger partial charge on any atom is -0.391 e. The van der Waals surface area contributed by atoms with Crippen molar-refractivity contribution in [2.75, 3.05) is 20.0 Å². The molecule has 0 aliphatic carbocycles. The summed E-state index contributed by atoms with van der Waals surface area (Å²) in [4.78, 5) is 0. The van der Waals surface area contributed by atoms with Crippen molar-refractivity contribution in [1.82, 2.24) is 0 Å². The van der Waals surface area contributed by atoms with Gasteiger partial charge in [-0.3, -0.25) is 0 Å². The van der Waals surface area contributed by atoms with E-state index in [9.17, 15) is 39.4 Å². The molecule has 2 fully saturated rings. The van der Waals surface area contributed by atoms with Crippen molar-refractivity contribution >= 4 is 0 Å². The number of alkyl halides is 2. The van der Waals surface area contributed by atoms with Crippen LogP contribution in [-0.2, 0) is 14.2 Å². The lowest BCUT2D eigenvalue weighted by Gasteiger charge is -2.43. The first-order chi connectivity index (χ1) is 10.8. The fraction of sp³-hybridized carbons (Fsp3) is 1.00. The lowest BCUT2D eigenvalue weighted by molar-refractivity contribution is -0.382. The quantitative estimate of drug-likeness (QED) is 0.299. The van der Waals surface area contributed by atoms with Gasteiger partial charge in [-0.2, -0.15) is 0 Å². The molecule has 2 aliphatic rings. The standard InChI is InChI=1S/C12H20F2O9/c13-1-4-6(16)8(18)9(19)11(21-4)23-12(3-15)10(20)7(17)5(2-14)22-12/h4-11,15-20H,1-3H2/t4-,5+,6+,7-,8+,9+,10-,11+,12-/m1/s1. The highest BCUT2D eigenvalue weighted by atomic mass is 19.1. The van der Waals surface area contributed by atoms with Gasteiger partial charge in [-0.15, -0.1) is 0 Å². The number of rotatable bonds is 5. The minimum absolute atomic E-state index is 1.05. The molecule has 2 saturated heterocycles. The lowest BCUT2D eigenvalue weighted by Crippen LogP contribution is -2.62. The molecule has 0 aromatic carbocycles. The molecule has 0 radical (unpaired) electrons. The van der Waals surface area contributed by atoms with Crippen LogP contribution >= 0.6 is 0 Å². The molecule has 23 heavy (non-hydrogen) atoms. The summed E-state index contributed by atoms with van der Waals surface area (Å²) in [6, 6.07) is 0. The fourth-order valence-corrected chi connectivity index (χ4v) is 2.59. The van der Waals surface area contributed by atoms with E-state index >= 15 is 0 Å². The average Bonchev–Trinajstić information content (AvgIpc) is 2.80. The molecule has 11 heteroatoms. The van der Waals surface area contributed by atoms with E-state index in [1.165, 1.54) is 0 Å². The molecular weight excluding hydrogens is 326 g/mol. The molecular formula is C12H20F2O9. The Balaban J connectivity index is 2.18. The first kappa shape index (κ1) is 18.8. The van der Waals surface area contributed by atoms with Crippen LogP contribution in [0.4, 0.5) is 8.78 Å². The molecule has 9 atom stereocenters. The Kier molecular flexibility index (Phi) is 5.87. The van der Waals surface area contributed by atoms with Crippen molar-refractivity contribution in [2.24, 2.45) is 0 Å². The number of hydrogen-bond acceptors (Lipinski definition) is 9. The van der Waals surface area contributed by atoms with Crippen LogP contribution < -0.4 is 0 Å². The van der Waals surface area contributed by atoms with Gasteiger partial charge in [-0.1, -0.05) is 0 Å². The number of hydrogen-bond donors (Lipinski definition) is 6. The Hall–Kier alpha value is -0.500. The zero-order chi connectivity index (χ0) is 17.4. The van der Waals surface area contributed by atoms with E-state index in [0.29, 0.717) is 0 Å². The molecule has 2 rings (SSSR count). The van der Waals surface area contributed by atoms with Crippen molar-refractivity contribution in [3.05, 3.63) is 0 Å². The van der Waals surface area contributed by atoms with Crippen LogP contribution in [0.1, 0.15) is 0 Å². The molecule has 2 aliphatic heterocycles. The zero-order valence-electron chi connectivity index (χ0n) is 11.9. The smallest absolute Gasteiger partial charge is 0.224 e. The summed E-state index contributed by atoms with van der Waals surface area (Å²) < 4.78 is 40.6. The van der Waals surface area contributed by atoms with E-state index < -0.39 is 74.8 Å². The molecule has 0 bridgehead atoms. The maximum Gasteiger partial charge on any atom is 0.224 e. The maximum atomic E-state index is 12.8. The second-order valence-corrected chi connectivity index (χ2v) is 5.50. The number of aliphatic hydroxyl groups excluding tert-OH is 6. The van der Waals surface area contributed by atoms with Crippen LogP contribution in [0.25, 0.3) is 0 Å².